The minimum atomic E-state index is -0.957. The number of aliphatic hydroxyl groups is 1. The van der Waals surface area contributed by atoms with Crippen molar-refractivity contribution in [2.45, 2.75) is 133 Å². The van der Waals surface area contributed by atoms with E-state index >= 15 is 0 Å². The Hall–Kier alpha value is -1.48. The van der Waals surface area contributed by atoms with Crippen LogP contribution in [0.4, 0.5) is 0 Å². The standard InChI is InChI=1S/C31H54O3/c1-22(2)14-11-16-29(6,7)17-12-18-30(8,9)19-13-20-31(10,34)21-15-26-25(5)27(32)23(3)24(4)28(26)33/h15,21-22,32-34H,11-14,16-20H2,1-10H3/t31-/m0/s1. The molecule has 0 heterocycles. The van der Waals surface area contributed by atoms with Gasteiger partial charge in [-0.1, -0.05) is 73.0 Å². The van der Waals surface area contributed by atoms with E-state index < -0.39 is 5.60 Å². The number of phenols is 2. The van der Waals surface area contributed by atoms with Crippen molar-refractivity contribution in [2.24, 2.45) is 16.7 Å². The second kappa shape index (κ2) is 12.5. The SMILES string of the molecule is Cc1c(C)c(O)c(C=C[C@@](C)(O)CCCC(C)(C)CCCC(C)(C)CCCC(C)C)c(C)c1O. The first kappa shape index (κ1) is 30.6. The van der Waals surface area contributed by atoms with Crippen LogP contribution in [-0.4, -0.2) is 20.9 Å². The highest BCUT2D eigenvalue weighted by molar-refractivity contribution is 5.69. The van der Waals surface area contributed by atoms with Gasteiger partial charge in [-0.15, -0.1) is 0 Å². The van der Waals surface area contributed by atoms with Crippen molar-refractivity contribution in [3.05, 3.63) is 28.3 Å². The van der Waals surface area contributed by atoms with Gasteiger partial charge in [-0.3, -0.25) is 0 Å². The van der Waals surface area contributed by atoms with Crippen molar-refractivity contribution in [1.29, 1.82) is 0 Å². The molecule has 0 spiro atoms. The van der Waals surface area contributed by atoms with Crippen LogP contribution in [0.1, 0.15) is 129 Å². The number of aromatic hydroxyl groups is 2. The molecule has 1 aromatic carbocycles. The van der Waals surface area contributed by atoms with Crippen LogP contribution < -0.4 is 0 Å². The van der Waals surface area contributed by atoms with E-state index in [-0.39, 0.29) is 16.9 Å². The van der Waals surface area contributed by atoms with Crippen molar-refractivity contribution >= 4 is 6.08 Å². The van der Waals surface area contributed by atoms with Crippen LogP contribution in [0.5, 0.6) is 11.5 Å². The molecule has 0 saturated heterocycles. The van der Waals surface area contributed by atoms with E-state index in [1.165, 1.54) is 38.5 Å². The lowest BCUT2D eigenvalue weighted by Crippen LogP contribution is -2.22. The van der Waals surface area contributed by atoms with Crippen molar-refractivity contribution in [3.8, 4) is 11.5 Å². The van der Waals surface area contributed by atoms with Gasteiger partial charge >= 0.3 is 0 Å². The maximum atomic E-state index is 10.9. The zero-order chi connectivity index (χ0) is 26.3. The molecular weight excluding hydrogens is 420 g/mol. The second-order valence-electron chi connectivity index (χ2n) is 13.0. The monoisotopic (exact) mass is 474 g/mol. The highest BCUT2D eigenvalue weighted by atomic mass is 16.3. The molecule has 196 valence electrons. The lowest BCUT2D eigenvalue weighted by Gasteiger charge is -2.30. The number of rotatable bonds is 14. The Balaban J connectivity index is 2.58. The maximum absolute atomic E-state index is 10.9. The van der Waals surface area contributed by atoms with E-state index in [0.29, 0.717) is 34.1 Å². The molecule has 0 aliphatic heterocycles. The molecule has 34 heavy (non-hydrogen) atoms. The van der Waals surface area contributed by atoms with Crippen molar-refractivity contribution in [2.75, 3.05) is 0 Å². The van der Waals surface area contributed by atoms with E-state index in [1.54, 1.807) is 32.9 Å². The second-order valence-corrected chi connectivity index (χ2v) is 13.0. The molecule has 0 amide bonds. The summed E-state index contributed by atoms with van der Waals surface area (Å²) in [4.78, 5) is 0. The van der Waals surface area contributed by atoms with E-state index in [2.05, 4.69) is 41.5 Å². The lowest BCUT2D eigenvalue weighted by atomic mass is 9.76. The first-order valence-electron chi connectivity index (χ1n) is 13.4. The highest BCUT2D eigenvalue weighted by Gasteiger charge is 2.24. The van der Waals surface area contributed by atoms with Crippen molar-refractivity contribution < 1.29 is 15.3 Å². The zero-order valence-corrected chi connectivity index (χ0v) is 23.9. The number of hydrogen-bond donors (Lipinski definition) is 3. The normalized spacial score (nSPS) is 14.8. The van der Waals surface area contributed by atoms with E-state index in [4.69, 9.17) is 0 Å². The van der Waals surface area contributed by atoms with Crippen LogP contribution in [0, 0.1) is 37.5 Å². The van der Waals surface area contributed by atoms with E-state index in [9.17, 15) is 15.3 Å². The molecule has 1 atom stereocenters. The number of benzene rings is 1. The van der Waals surface area contributed by atoms with Gasteiger partial charge in [0.15, 0.2) is 0 Å². The average molecular weight is 475 g/mol. The highest BCUT2D eigenvalue weighted by Crippen LogP contribution is 2.38. The van der Waals surface area contributed by atoms with Crippen LogP contribution in [0.15, 0.2) is 6.08 Å². The smallest absolute Gasteiger partial charge is 0.126 e. The van der Waals surface area contributed by atoms with Gasteiger partial charge in [0.25, 0.3) is 0 Å². The summed E-state index contributed by atoms with van der Waals surface area (Å²) in [6.45, 7) is 21.4. The fourth-order valence-corrected chi connectivity index (χ4v) is 4.90. The molecule has 0 aromatic heterocycles. The largest absolute Gasteiger partial charge is 0.507 e. The fourth-order valence-electron chi connectivity index (χ4n) is 4.90. The predicted octanol–water partition coefficient (Wildman–Crippen LogP) is 9.01. The summed E-state index contributed by atoms with van der Waals surface area (Å²) in [6.07, 6.45) is 13.9. The molecule has 1 aromatic rings. The Kier molecular flexibility index (Phi) is 11.2. The minimum absolute atomic E-state index is 0.174. The van der Waals surface area contributed by atoms with E-state index in [0.717, 1.165) is 18.8 Å². The molecule has 0 radical (unpaired) electrons. The molecule has 1 rings (SSSR count). The first-order valence-corrected chi connectivity index (χ1v) is 13.4. The molecule has 0 saturated carbocycles. The van der Waals surface area contributed by atoms with Gasteiger partial charge in [-0.25, -0.2) is 0 Å². The Morgan fingerprint density at radius 1 is 0.676 bits per heavy atom. The third-order valence-electron chi connectivity index (χ3n) is 7.77. The van der Waals surface area contributed by atoms with Crippen LogP contribution in [0.2, 0.25) is 0 Å². The molecule has 0 fully saturated rings. The Labute approximate surface area is 210 Å². The molecule has 3 heteroatoms. The summed E-state index contributed by atoms with van der Waals surface area (Å²) in [7, 11) is 0. The Morgan fingerprint density at radius 3 is 1.62 bits per heavy atom. The summed E-state index contributed by atoms with van der Waals surface area (Å²) >= 11 is 0. The van der Waals surface area contributed by atoms with E-state index in [1.807, 2.05) is 6.92 Å². The number of hydrogen-bond acceptors (Lipinski definition) is 3. The minimum Gasteiger partial charge on any atom is -0.507 e. The van der Waals surface area contributed by atoms with Crippen LogP contribution >= 0.6 is 0 Å². The van der Waals surface area contributed by atoms with Crippen LogP contribution in [0.25, 0.3) is 6.08 Å². The van der Waals surface area contributed by atoms with Gasteiger partial charge in [0.1, 0.15) is 11.5 Å². The summed E-state index contributed by atoms with van der Waals surface area (Å²) < 4.78 is 0. The molecule has 0 aliphatic rings. The molecular formula is C31H54O3. The predicted molar refractivity (Wildman–Crippen MR) is 148 cm³/mol. The quantitative estimate of drug-likeness (QED) is 0.236. The Bertz CT molecular complexity index is 783. The summed E-state index contributed by atoms with van der Waals surface area (Å²) in [5.74, 6) is 1.18. The molecule has 0 unspecified atom stereocenters. The third-order valence-corrected chi connectivity index (χ3v) is 7.77. The first-order chi connectivity index (χ1) is 15.5. The van der Waals surface area contributed by atoms with Gasteiger partial charge in [0.2, 0.25) is 0 Å². The molecule has 0 bridgehead atoms. The van der Waals surface area contributed by atoms with Gasteiger partial charge in [0, 0.05) is 11.1 Å². The fraction of sp³-hybridized carbons (Fsp3) is 0.742. The van der Waals surface area contributed by atoms with Gasteiger partial charge in [-0.2, -0.15) is 0 Å². The Morgan fingerprint density at radius 2 is 1.12 bits per heavy atom. The lowest BCUT2D eigenvalue weighted by molar-refractivity contribution is 0.0942. The average Bonchev–Trinajstić information content (AvgIpc) is 2.69. The topological polar surface area (TPSA) is 60.7 Å². The maximum Gasteiger partial charge on any atom is 0.126 e. The van der Waals surface area contributed by atoms with Gasteiger partial charge < -0.3 is 15.3 Å². The molecule has 3 nitrogen and oxygen atoms in total. The summed E-state index contributed by atoms with van der Waals surface area (Å²) in [5.41, 5.74) is 2.32. The van der Waals surface area contributed by atoms with Crippen molar-refractivity contribution in [1.82, 2.24) is 0 Å². The van der Waals surface area contributed by atoms with Crippen molar-refractivity contribution in [3.63, 3.8) is 0 Å². The van der Waals surface area contributed by atoms with Crippen LogP contribution in [-0.2, 0) is 0 Å². The zero-order valence-electron chi connectivity index (χ0n) is 23.9. The molecule has 3 N–H and O–H groups in total. The van der Waals surface area contributed by atoms with Gasteiger partial charge in [-0.05, 0) is 94.1 Å². The number of phenolic OH excluding ortho intramolecular Hbond substituents is 2. The molecule has 0 aliphatic carbocycles. The summed E-state index contributed by atoms with van der Waals surface area (Å²) in [6, 6.07) is 0. The van der Waals surface area contributed by atoms with Gasteiger partial charge in [0.05, 0.1) is 5.60 Å². The summed E-state index contributed by atoms with van der Waals surface area (Å²) in [5, 5.41) is 31.8. The van der Waals surface area contributed by atoms with Crippen LogP contribution in [0.3, 0.4) is 0 Å². The third kappa shape index (κ3) is 10.0.